The highest BCUT2D eigenvalue weighted by atomic mass is 32.1. The summed E-state index contributed by atoms with van der Waals surface area (Å²) in [7, 11) is 0. The van der Waals surface area contributed by atoms with Crippen molar-refractivity contribution >= 4 is 44.9 Å². The van der Waals surface area contributed by atoms with Crippen molar-refractivity contribution in [2.24, 2.45) is 5.41 Å². The first-order valence-electron chi connectivity index (χ1n) is 11.5. The molecule has 0 radical (unpaired) electrons. The van der Waals surface area contributed by atoms with Crippen LogP contribution in [0.1, 0.15) is 20.8 Å². The number of aromatic nitrogens is 7. The SMILES string of the molecule is CC(C)(C)C(=O)Nc1cncc(-c2ncc3[nH]nc(-c4nc5c(-c6ccsc6)nccc5[nH]4)c3c2F)c1. The van der Waals surface area contributed by atoms with E-state index in [0.717, 1.165) is 16.8 Å². The Balaban J connectivity index is 1.44. The number of pyridine rings is 3. The van der Waals surface area contributed by atoms with Crippen molar-refractivity contribution in [3.63, 3.8) is 0 Å². The van der Waals surface area contributed by atoms with E-state index in [9.17, 15) is 4.79 Å². The van der Waals surface area contributed by atoms with Gasteiger partial charge in [-0.05, 0) is 23.6 Å². The number of carbonyl (C=O) groups is 1. The maximum atomic E-state index is 16.0. The normalized spacial score (nSPS) is 11.9. The zero-order chi connectivity index (χ0) is 25.7. The molecule has 0 aromatic carbocycles. The Labute approximate surface area is 214 Å². The Morgan fingerprint density at radius 2 is 1.89 bits per heavy atom. The number of halogens is 1. The number of hydrogen-bond donors (Lipinski definition) is 3. The number of nitrogens with zero attached hydrogens (tertiary/aromatic N) is 5. The lowest BCUT2D eigenvalue weighted by Gasteiger charge is -2.17. The van der Waals surface area contributed by atoms with Gasteiger partial charge in [-0.3, -0.25) is 24.8 Å². The maximum absolute atomic E-state index is 16.0. The van der Waals surface area contributed by atoms with Crippen LogP contribution in [-0.2, 0) is 4.79 Å². The molecule has 3 N–H and O–H groups in total. The van der Waals surface area contributed by atoms with E-state index in [1.54, 1.807) is 23.6 Å². The summed E-state index contributed by atoms with van der Waals surface area (Å²) < 4.78 is 16.0. The first kappa shape index (κ1) is 22.9. The Morgan fingerprint density at radius 3 is 2.68 bits per heavy atom. The molecule has 37 heavy (non-hydrogen) atoms. The Bertz CT molecular complexity index is 1780. The molecule has 0 unspecified atom stereocenters. The molecule has 0 saturated heterocycles. The first-order chi connectivity index (χ1) is 17.8. The molecule has 0 aliphatic rings. The zero-order valence-electron chi connectivity index (χ0n) is 20.1. The van der Waals surface area contributed by atoms with Crippen molar-refractivity contribution in [2.45, 2.75) is 20.8 Å². The van der Waals surface area contributed by atoms with Crippen LogP contribution in [0, 0.1) is 11.2 Å². The van der Waals surface area contributed by atoms with E-state index >= 15 is 4.39 Å². The van der Waals surface area contributed by atoms with Crippen LogP contribution in [0.15, 0.2) is 53.7 Å². The average molecular weight is 513 g/mol. The molecule has 6 aromatic rings. The van der Waals surface area contributed by atoms with Gasteiger partial charge >= 0.3 is 0 Å². The van der Waals surface area contributed by atoms with Crippen LogP contribution < -0.4 is 5.32 Å². The van der Waals surface area contributed by atoms with E-state index in [4.69, 9.17) is 4.98 Å². The minimum Gasteiger partial charge on any atom is -0.336 e. The molecule has 0 aliphatic heterocycles. The smallest absolute Gasteiger partial charge is 0.229 e. The summed E-state index contributed by atoms with van der Waals surface area (Å²) in [5, 5.41) is 14.2. The topological polar surface area (TPSA) is 125 Å². The van der Waals surface area contributed by atoms with Crippen LogP contribution in [0.25, 0.3) is 56.0 Å². The van der Waals surface area contributed by atoms with E-state index < -0.39 is 11.2 Å². The van der Waals surface area contributed by atoms with Gasteiger partial charge in [-0.2, -0.15) is 16.4 Å². The molecule has 6 rings (SSSR count). The summed E-state index contributed by atoms with van der Waals surface area (Å²) >= 11 is 1.58. The predicted octanol–water partition coefficient (Wildman–Crippen LogP) is 5.81. The van der Waals surface area contributed by atoms with Crippen LogP contribution in [-0.4, -0.2) is 41.0 Å². The molecule has 9 nitrogen and oxygen atoms in total. The number of thiophene rings is 1. The molecule has 0 fully saturated rings. The number of H-pyrrole nitrogens is 2. The van der Waals surface area contributed by atoms with Gasteiger partial charge in [-0.25, -0.2) is 9.37 Å². The van der Waals surface area contributed by atoms with Gasteiger partial charge < -0.3 is 10.3 Å². The zero-order valence-corrected chi connectivity index (χ0v) is 20.9. The van der Waals surface area contributed by atoms with Crippen molar-refractivity contribution in [3.05, 3.63) is 59.6 Å². The van der Waals surface area contributed by atoms with E-state index in [-0.39, 0.29) is 17.0 Å². The number of carbonyl (C=O) groups excluding carboxylic acids is 1. The average Bonchev–Trinajstić information content (AvgIpc) is 3.63. The Kier molecular flexibility index (Phi) is 5.30. The van der Waals surface area contributed by atoms with Crippen LogP contribution >= 0.6 is 11.3 Å². The highest BCUT2D eigenvalue weighted by molar-refractivity contribution is 7.08. The number of nitrogens with one attached hydrogen (secondary N) is 3. The third kappa shape index (κ3) is 4.02. The minimum absolute atomic E-state index is 0.0891. The third-order valence-electron chi connectivity index (χ3n) is 5.92. The molecule has 11 heteroatoms. The predicted molar refractivity (Wildman–Crippen MR) is 141 cm³/mol. The quantitative estimate of drug-likeness (QED) is 0.274. The number of hydrogen-bond acceptors (Lipinski definition) is 7. The van der Waals surface area contributed by atoms with Gasteiger partial charge in [0.2, 0.25) is 5.91 Å². The molecule has 0 atom stereocenters. The number of imidazole rings is 1. The summed E-state index contributed by atoms with van der Waals surface area (Å²) in [5.74, 6) is -0.335. The molecule has 0 spiro atoms. The van der Waals surface area contributed by atoms with Gasteiger partial charge in [0, 0.05) is 34.3 Å². The molecular formula is C26H21FN8OS. The largest absolute Gasteiger partial charge is 0.336 e. The lowest BCUT2D eigenvalue weighted by Crippen LogP contribution is -2.27. The van der Waals surface area contributed by atoms with Gasteiger partial charge in [0.1, 0.15) is 16.9 Å². The summed E-state index contributed by atoms with van der Waals surface area (Å²) in [4.78, 5) is 33.4. The van der Waals surface area contributed by atoms with E-state index in [1.165, 1.54) is 18.6 Å². The molecular weight excluding hydrogens is 491 g/mol. The van der Waals surface area contributed by atoms with Crippen molar-refractivity contribution < 1.29 is 9.18 Å². The standard InChI is InChI=1S/C26H21FN8OS/c1-26(2,3)25(36)31-15-8-14(9-28-10-15)20-19(27)18-17(11-30-20)34-35-23(18)24-32-16-4-6-29-21(22(16)33-24)13-5-7-37-12-13/h4-12H,1-3H3,(H,31,36)(H,32,33)(H,34,35). The van der Waals surface area contributed by atoms with Crippen LogP contribution in [0.2, 0.25) is 0 Å². The number of anilines is 1. The van der Waals surface area contributed by atoms with Crippen LogP contribution in [0.5, 0.6) is 0 Å². The lowest BCUT2D eigenvalue weighted by molar-refractivity contribution is -0.123. The fourth-order valence-electron chi connectivity index (χ4n) is 3.96. The summed E-state index contributed by atoms with van der Waals surface area (Å²) in [6.45, 7) is 5.44. The molecule has 6 aromatic heterocycles. The van der Waals surface area contributed by atoms with Gasteiger partial charge in [0.05, 0.1) is 40.2 Å². The molecule has 0 saturated carbocycles. The Morgan fingerprint density at radius 1 is 1.03 bits per heavy atom. The highest BCUT2D eigenvalue weighted by Crippen LogP contribution is 2.34. The van der Waals surface area contributed by atoms with Gasteiger partial charge in [0.25, 0.3) is 0 Å². The van der Waals surface area contributed by atoms with Crippen LogP contribution in [0.3, 0.4) is 0 Å². The second kappa shape index (κ2) is 8.56. The second-order valence-corrected chi connectivity index (χ2v) is 10.4. The minimum atomic E-state index is -0.588. The fraction of sp³-hybridized carbons (Fsp3) is 0.154. The monoisotopic (exact) mass is 512 g/mol. The second-order valence-electron chi connectivity index (χ2n) is 9.60. The van der Waals surface area contributed by atoms with Crippen LogP contribution in [0.4, 0.5) is 10.1 Å². The summed E-state index contributed by atoms with van der Waals surface area (Å²) in [5.41, 5.74) is 4.28. The molecule has 6 heterocycles. The molecule has 184 valence electrons. The number of rotatable bonds is 4. The highest BCUT2D eigenvalue weighted by Gasteiger charge is 2.23. The number of amides is 1. The maximum Gasteiger partial charge on any atom is 0.229 e. The lowest BCUT2D eigenvalue weighted by atomic mass is 9.95. The molecule has 0 aliphatic carbocycles. The fourth-order valence-corrected chi connectivity index (χ4v) is 4.60. The van der Waals surface area contributed by atoms with Gasteiger partial charge in [-0.15, -0.1) is 0 Å². The van der Waals surface area contributed by atoms with Crippen molar-refractivity contribution in [1.82, 2.24) is 35.1 Å². The van der Waals surface area contributed by atoms with E-state index in [2.05, 4.69) is 35.5 Å². The Hall–Kier alpha value is -4.51. The summed E-state index contributed by atoms with van der Waals surface area (Å²) in [6.07, 6.45) is 6.25. The first-order valence-corrected chi connectivity index (χ1v) is 12.4. The number of fused-ring (bicyclic) bond motifs is 2. The van der Waals surface area contributed by atoms with Crippen molar-refractivity contribution in [2.75, 3.05) is 5.32 Å². The van der Waals surface area contributed by atoms with E-state index in [1.807, 2.05) is 43.7 Å². The van der Waals surface area contributed by atoms with Gasteiger partial charge in [-0.1, -0.05) is 20.8 Å². The van der Waals surface area contributed by atoms with E-state index in [0.29, 0.717) is 33.8 Å². The molecule has 1 amide bonds. The molecule has 0 bridgehead atoms. The van der Waals surface area contributed by atoms with Crippen molar-refractivity contribution in [3.8, 4) is 34.0 Å². The third-order valence-corrected chi connectivity index (χ3v) is 6.60. The number of aromatic amines is 2. The summed E-state index contributed by atoms with van der Waals surface area (Å²) in [6, 6.07) is 5.45. The van der Waals surface area contributed by atoms with Crippen molar-refractivity contribution in [1.29, 1.82) is 0 Å². The van der Waals surface area contributed by atoms with Gasteiger partial charge in [0.15, 0.2) is 11.6 Å².